The van der Waals surface area contributed by atoms with Crippen LogP contribution in [0.2, 0.25) is 0 Å². The first-order valence-electron chi connectivity index (χ1n) is 6.64. The smallest absolute Gasteiger partial charge is 0.132 e. The zero-order valence-electron chi connectivity index (χ0n) is 11.8. The van der Waals surface area contributed by atoms with Crippen molar-refractivity contribution in [1.29, 1.82) is 0 Å². The molecular weight excluding hydrogens is 333 g/mol. The van der Waals surface area contributed by atoms with Gasteiger partial charge in [-0.2, -0.15) is 0 Å². The van der Waals surface area contributed by atoms with Crippen molar-refractivity contribution < 1.29 is 4.39 Å². The third kappa shape index (κ3) is 2.65. The van der Waals surface area contributed by atoms with Crippen LogP contribution < -0.4 is 4.90 Å². The van der Waals surface area contributed by atoms with Crippen molar-refractivity contribution in [2.24, 2.45) is 0 Å². The molecule has 21 heavy (non-hydrogen) atoms. The first-order valence-corrected chi connectivity index (χ1v) is 7.43. The Bertz CT molecular complexity index is 778. The summed E-state index contributed by atoms with van der Waals surface area (Å²) in [5, 5.41) is 0. The fraction of sp³-hybridized carbons (Fsp3) is 0.188. The lowest BCUT2D eigenvalue weighted by Gasteiger charge is -2.16. The topological polar surface area (TPSA) is 20.5 Å². The van der Waals surface area contributed by atoms with Crippen molar-refractivity contribution in [3.8, 4) is 0 Å². The Labute approximate surface area is 131 Å². The van der Waals surface area contributed by atoms with Gasteiger partial charge in [0.05, 0.1) is 5.52 Å². The van der Waals surface area contributed by atoms with Gasteiger partial charge >= 0.3 is 0 Å². The number of anilines is 1. The average Bonchev–Trinajstić information content (AvgIpc) is 2.78. The van der Waals surface area contributed by atoms with Crippen LogP contribution in [0.5, 0.6) is 0 Å². The van der Waals surface area contributed by atoms with Crippen LogP contribution in [-0.2, 0) is 6.42 Å². The molecule has 0 saturated carbocycles. The van der Waals surface area contributed by atoms with Crippen LogP contribution in [0.1, 0.15) is 11.4 Å². The zero-order chi connectivity index (χ0) is 15.0. The van der Waals surface area contributed by atoms with E-state index in [9.17, 15) is 4.39 Å². The van der Waals surface area contributed by atoms with E-state index in [1.165, 1.54) is 12.1 Å². The van der Waals surface area contributed by atoms with E-state index in [-0.39, 0.29) is 5.82 Å². The highest BCUT2D eigenvalue weighted by molar-refractivity contribution is 9.10. The molecule has 5 heteroatoms. The predicted molar refractivity (Wildman–Crippen MR) is 86.4 cm³/mol. The van der Waals surface area contributed by atoms with Gasteiger partial charge in [0.2, 0.25) is 0 Å². The minimum absolute atomic E-state index is 0.220. The van der Waals surface area contributed by atoms with Gasteiger partial charge < -0.3 is 4.90 Å². The molecule has 0 atom stereocenters. The number of imidazole rings is 1. The van der Waals surface area contributed by atoms with Crippen molar-refractivity contribution in [1.82, 2.24) is 9.38 Å². The Morgan fingerprint density at radius 3 is 2.52 bits per heavy atom. The largest absolute Gasteiger partial charge is 0.364 e. The Morgan fingerprint density at radius 2 is 1.86 bits per heavy atom. The first kappa shape index (κ1) is 14.1. The number of fused-ring (bicyclic) bond motifs is 1. The Hall–Kier alpha value is -1.88. The number of pyridine rings is 1. The van der Waals surface area contributed by atoms with Gasteiger partial charge in [0, 0.05) is 20.5 Å². The number of hydrogen-bond acceptors (Lipinski definition) is 2. The van der Waals surface area contributed by atoms with Crippen LogP contribution in [0.3, 0.4) is 0 Å². The molecule has 0 fully saturated rings. The number of rotatable bonds is 3. The van der Waals surface area contributed by atoms with Crippen LogP contribution in [0.25, 0.3) is 5.52 Å². The molecule has 3 rings (SSSR count). The van der Waals surface area contributed by atoms with E-state index in [4.69, 9.17) is 0 Å². The van der Waals surface area contributed by atoms with E-state index in [1.807, 2.05) is 26.2 Å². The molecule has 1 aromatic carbocycles. The van der Waals surface area contributed by atoms with Gasteiger partial charge in [0.15, 0.2) is 0 Å². The summed E-state index contributed by atoms with van der Waals surface area (Å²) in [4.78, 5) is 6.66. The van der Waals surface area contributed by atoms with E-state index < -0.39 is 0 Å². The monoisotopic (exact) mass is 347 g/mol. The lowest BCUT2D eigenvalue weighted by Crippen LogP contribution is -2.14. The van der Waals surface area contributed by atoms with Gasteiger partial charge in [-0.15, -0.1) is 0 Å². The number of aromatic nitrogens is 2. The molecule has 0 aliphatic carbocycles. The van der Waals surface area contributed by atoms with Gasteiger partial charge in [-0.3, -0.25) is 4.40 Å². The van der Waals surface area contributed by atoms with Crippen LogP contribution >= 0.6 is 15.9 Å². The first-order chi connectivity index (χ1) is 10.1. The fourth-order valence-corrected chi connectivity index (χ4v) is 2.92. The van der Waals surface area contributed by atoms with E-state index in [1.54, 1.807) is 12.1 Å². The van der Waals surface area contributed by atoms with Crippen molar-refractivity contribution in [3.05, 3.63) is 64.3 Å². The lowest BCUT2D eigenvalue weighted by atomic mass is 10.1. The number of hydrogen-bond donors (Lipinski definition) is 0. The Morgan fingerprint density at radius 1 is 1.14 bits per heavy atom. The summed E-state index contributed by atoms with van der Waals surface area (Å²) in [5.41, 5.74) is 2.06. The SMILES string of the molecule is CN(C)c1cccc2c(Br)nc(Cc3ccc(F)cc3)n12. The summed E-state index contributed by atoms with van der Waals surface area (Å²) >= 11 is 3.52. The molecule has 0 bridgehead atoms. The highest BCUT2D eigenvalue weighted by Gasteiger charge is 2.13. The van der Waals surface area contributed by atoms with Gasteiger partial charge in [-0.05, 0) is 45.8 Å². The zero-order valence-corrected chi connectivity index (χ0v) is 13.4. The summed E-state index contributed by atoms with van der Waals surface area (Å²) in [5.74, 6) is 1.76. The maximum atomic E-state index is 13.0. The van der Waals surface area contributed by atoms with Gasteiger partial charge in [-0.25, -0.2) is 9.37 Å². The minimum Gasteiger partial charge on any atom is -0.364 e. The number of halogens is 2. The molecule has 2 aromatic heterocycles. The summed E-state index contributed by atoms with van der Waals surface area (Å²) in [6.07, 6.45) is 0.651. The van der Waals surface area contributed by atoms with Crippen LogP contribution in [-0.4, -0.2) is 23.5 Å². The molecule has 0 spiro atoms. The second-order valence-electron chi connectivity index (χ2n) is 5.12. The second-order valence-corrected chi connectivity index (χ2v) is 5.87. The standard InChI is InChI=1S/C16H15BrFN3/c1-20(2)15-5-3-4-13-16(17)19-14(21(13)15)10-11-6-8-12(18)9-7-11/h3-9H,10H2,1-2H3. The summed E-state index contributed by atoms with van der Waals surface area (Å²) < 4.78 is 16.0. The Kier molecular flexibility index (Phi) is 3.68. The van der Waals surface area contributed by atoms with Crippen LogP contribution in [0.4, 0.5) is 10.2 Å². The van der Waals surface area contributed by atoms with E-state index >= 15 is 0 Å². The molecule has 0 saturated heterocycles. The molecule has 3 aromatic rings. The number of benzene rings is 1. The van der Waals surface area contributed by atoms with Gasteiger partial charge in [0.1, 0.15) is 22.1 Å². The summed E-state index contributed by atoms with van der Waals surface area (Å²) in [6, 6.07) is 12.6. The lowest BCUT2D eigenvalue weighted by molar-refractivity contribution is 0.627. The highest BCUT2D eigenvalue weighted by Crippen LogP contribution is 2.25. The molecule has 0 aliphatic rings. The highest BCUT2D eigenvalue weighted by atomic mass is 79.9. The van der Waals surface area contributed by atoms with Gasteiger partial charge in [-0.1, -0.05) is 18.2 Å². The third-order valence-electron chi connectivity index (χ3n) is 3.40. The van der Waals surface area contributed by atoms with E-state index in [0.717, 1.165) is 27.3 Å². The molecule has 0 amide bonds. The van der Waals surface area contributed by atoms with Crippen molar-refractivity contribution in [2.45, 2.75) is 6.42 Å². The second kappa shape index (κ2) is 5.48. The van der Waals surface area contributed by atoms with Crippen molar-refractivity contribution in [3.63, 3.8) is 0 Å². The minimum atomic E-state index is -0.220. The molecular formula is C16H15BrFN3. The summed E-state index contributed by atoms with van der Waals surface area (Å²) in [6.45, 7) is 0. The van der Waals surface area contributed by atoms with E-state index in [2.05, 4.69) is 36.3 Å². The fourth-order valence-electron chi connectivity index (χ4n) is 2.40. The quantitative estimate of drug-likeness (QED) is 0.716. The van der Waals surface area contributed by atoms with Crippen LogP contribution in [0.15, 0.2) is 47.1 Å². The maximum Gasteiger partial charge on any atom is 0.132 e. The van der Waals surface area contributed by atoms with E-state index in [0.29, 0.717) is 6.42 Å². The van der Waals surface area contributed by atoms with Gasteiger partial charge in [0.25, 0.3) is 0 Å². The molecule has 0 radical (unpaired) electrons. The molecule has 0 unspecified atom stereocenters. The molecule has 0 aliphatic heterocycles. The molecule has 2 heterocycles. The predicted octanol–water partition coefficient (Wildman–Crippen LogP) is 3.89. The molecule has 3 nitrogen and oxygen atoms in total. The molecule has 108 valence electrons. The normalized spacial score (nSPS) is 11.0. The number of nitrogens with zero attached hydrogens (tertiary/aromatic N) is 3. The van der Waals surface area contributed by atoms with Crippen LogP contribution in [0, 0.1) is 5.82 Å². The Balaban J connectivity index is 2.11. The summed E-state index contributed by atoms with van der Waals surface area (Å²) in [7, 11) is 4.01. The van der Waals surface area contributed by atoms with Crippen molar-refractivity contribution in [2.75, 3.05) is 19.0 Å². The average molecular weight is 348 g/mol. The van der Waals surface area contributed by atoms with Crippen molar-refractivity contribution >= 4 is 27.3 Å². The maximum absolute atomic E-state index is 13.0. The molecule has 0 N–H and O–H groups in total. The third-order valence-corrected chi connectivity index (χ3v) is 3.98.